The fourth-order valence-corrected chi connectivity index (χ4v) is 6.61. The minimum absolute atomic E-state index is 0.0176. The Balaban J connectivity index is 0.000000249. The Morgan fingerprint density at radius 3 is 1.47 bits per heavy atom. The number of benzene rings is 2. The number of hydrogen-bond donors (Lipinski definition) is 4. The van der Waals surface area contributed by atoms with E-state index in [1.807, 2.05) is 65.0 Å². The van der Waals surface area contributed by atoms with Crippen molar-refractivity contribution in [1.82, 2.24) is 30.8 Å². The number of piperidine rings is 2. The Labute approximate surface area is 334 Å². The number of nitrogens with zero attached hydrogens (tertiary/aromatic N) is 3. The highest BCUT2D eigenvalue weighted by atomic mass is 19.1. The zero-order valence-electron chi connectivity index (χ0n) is 33.7. The van der Waals surface area contributed by atoms with Crippen LogP contribution in [0, 0.1) is 22.5 Å². The van der Waals surface area contributed by atoms with Crippen LogP contribution in [0.5, 0.6) is 0 Å². The van der Waals surface area contributed by atoms with Crippen molar-refractivity contribution in [3.63, 3.8) is 0 Å². The maximum Gasteiger partial charge on any atom is 0.410 e. The van der Waals surface area contributed by atoms with Gasteiger partial charge < -0.3 is 30.7 Å². The molecule has 306 valence electrons. The summed E-state index contributed by atoms with van der Waals surface area (Å²) in [6.45, 7) is 12.0. The van der Waals surface area contributed by atoms with Gasteiger partial charge in [-0.2, -0.15) is 0 Å². The van der Waals surface area contributed by atoms with Crippen molar-refractivity contribution in [2.45, 2.75) is 78.0 Å². The summed E-state index contributed by atoms with van der Waals surface area (Å²) < 4.78 is 32.1. The second kappa shape index (κ2) is 20.2. The van der Waals surface area contributed by atoms with E-state index >= 15 is 0 Å². The number of nitrogens with one attached hydrogen (secondary N) is 3. The number of hydrogen-bond acceptors (Lipinski definition) is 8. The minimum atomic E-state index is -0.633. The second-order valence-corrected chi connectivity index (χ2v) is 15.8. The number of pyridine rings is 2. The molecule has 0 saturated carbocycles. The fourth-order valence-electron chi connectivity index (χ4n) is 6.61. The molecule has 13 heteroatoms. The summed E-state index contributed by atoms with van der Waals surface area (Å²) in [4.78, 5) is 49.0. The molecule has 3 amide bonds. The van der Waals surface area contributed by atoms with Crippen LogP contribution >= 0.6 is 0 Å². The molecule has 2 atom stereocenters. The first-order chi connectivity index (χ1) is 27.2. The lowest BCUT2D eigenvalue weighted by molar-refractivity contribution is -0.133. The highest BCUT2D eigenvalue weighted by molar-refractivity contribution is 5.84. The Bertz CT molecular complexity index is 1860. The van der Waals surface area contributed by atoms with Gasteiger partial charge in [-0.3, -0.25) is 19.6 Å². The van der Waals surface area contributed by atoms with Gasteiger partial charge in [0.05, 0.1) is 23.5 Å². The van der Waals surface area contributed by atoms with Crippen LogP contribution in [0.4, 0.5) is 13.6 Å². The highest BCUT2D eigenvalue weighted by Gasteiger charge is 2.40. The number of ether oxygens (including phenoxy) is 1. The van der Waals surface area contributed by atoms with Crippen LogP contribution < -0.4 is 16.0 Å². The number of amides is 3. The van der Waals surface area contributed by atoms with Gasteiger partial charge in [0, 0.05) is 43.4 Å². The molecule has 2 aliphatic rings. The molecule has 2 aromatic heterocycles. The Kier molecular flexibility index (Phi) is 15.8. The quantitative estimate of drug-likeness (QED) is 0.151. The smallest absolute Gasteiger partial charge is 0.410 e. The fraction of sp³-hybridized carbons (Fsp3) is 0.432. The first-order valence-corrected chi connectivity index (χ1v) is 19.2. The lowest BCUT2D eigenvalue weighted by Crippen LogP contribution is -2.50. The number of rotatable bonds is 8. The SMILES string of the molecule is CC(C)(C)OC(=O)N1CCC(C)(C(=O)NC(c2ccc(F)cc2)c2ccccn2)CC1.CC1(C(=O)NC(c2ccc(F)cc2)c2ccccn2)CCNCC1.CO. The van der Waals surface area contributed by atoms with Crippen LogP contribution in [-0.4, -0.2) is 76.8 Å². The molecule has 4 aromatic rings. The molecule has 2 saturated heterocycles. The number of carbonyl (C=O) groups excluding carboxylic acids is 3. The van der Waals surface area contributed by atoms with E-state index in [0.717, 1.165) is 49.9 Å². The van der Waals surface area contributed by atoms with Gasteiger partial charge in [-0.25, -0.2) is 13.6 Å². The van der Waals surface area contributed by atoms with Gasteiger partial charge in [0.25, 0.3) is 0 Å². The highest BCUT2D eigenvalue weighted by Crippen LogP contribution is 2.34. The molecule has 0 bridgehead atoms. The molecule has 57 heavy (non-hydrogen) atoms. The lowest BCUT2D eigenvalue weighted by Gasteiger charge is -2.39. The summed E-state index contributed by atoms with van der Waals surface area (Å²) in [5.74, 6) is -0.730. The third kappa shape index (κ3) is 12.6. The standard InChI is InChI=1S/C24H30FN3O3.C19H22FN3O.CH4O/c1-23(2,3)31-22(30)28-15-12-24(4,13-16-28)21(29)27-20(19-7-5-6-14-26-19)17-8-10-18(25)11-9-17;1-19(9-12-21-13-10-19)18(24)23-17(16-4-2-3-11-22-16)14-5-7-15(20)8-6-14;1-2/h5-11,14,20H,12-13,15-16H2,1-4H3,(H,27,29);2-8,11,17,21H,9-10,12-13H2,1H3,(H,23,24);2H,1H3. The van der Waals surface area contributed by atoms with Gasteiger partial charge in [-0.15, -0.1) is 0 Å². The second-order valence-electron chi connectivity index (χ2n) is 15.8. The predicted molar refractivity (Wildman–Crippen MR) is 215 cm³/mol. The number of aromatic nitrogens is 2. The van der Waals surface area contributed by atoms with Crippen LogP contribution in [0.15, 0.2) is 97.3 Å². The normalized spacial score (nSPS) is 16.9. The molecule has 2 unspecified atom stereocenters. The maximum atomic E-state index is 13.4. The van der Waals surface area contributed by atoms with Gasteiger partial charge in [-0.05, 0) is 119 Å². The number of carbonyl (C=O) groups is 3. The summed E-state index contributed by atoms with van der Waals surface area (Å²) in [7, 11) is 1.00. The van der Waals surface area contributed by atoms with E-state index in [2.05, 4.69) is 25.9 Å². The predicted octanol–water partition coefficient (Wildman–Crippen LogP) is 6.89. The van der Waals surface area contributed by atoms with E-state index in [1.54, 1.807) is 47.6 Å². The Hall–Kier alpha value is -5.27. The monoisotopic (exact) mass is 786 g/mol. The molecule has 4 heterocycles. The first kappa shape index (κ1) is 44.4. The van der Waals surface area contributed by atoms with Crippen molar-refractivity contribution in [2.75, 3.05) is 33.3 Å². The van der Waals surface area contributed by atoms with Crippen molar-refractivity contribution in [2.24, 2.45) is 10.8 Å². The summed E-state index contributed by atoms with van der Waals surface area (Å²) in [6, 6.07) is 22.5. The van der Waals surface area contributed by atoms with Crippen LogP contribution in [-0.2, 0) is 14.3 Å². The topological polar surface area (TPSA) is 146 Å². The molecule has 2 fully saturated rings. The van der Waals surface area contributed by atoms with Gasteiger partial charge >= 0.3 is 6.09 Å². The molecule has 0 spiro atoms. The van der Waals surface area contributed by atoms with Crippen LogP contribution in [0.3, 0.4) is 0 Å². The summed E-state index contributed by atoms with van der Waals surface area (Å²) >= 11 is 0. The summed E-state index contributed by atoms with van der Waals surface area (Å²) in [5.41, 5.74) is 1.42. The molecule has 0 aliphatic carbocycles. The molecule has 2 aromatic carbocycles. The van der Waals surface area contributed by atoms with Crippen molar-refractivity contribution in [3.05, 3.63) is 131 Å². The molecular formula is C44H56F2N6O5. The Morgan fingerprint density at radius 1 is 0.702 bits per heavy atom. The van der Waals surface area contributed by atoms with E-state index < -0.39 is 22.5 Å². The van der Waals surface area contributed by atoms with Crippen molar-refractivity contribution >= 4 is 17.9 Å². The lowest BCUT2D eigenvalue weighted by atomic mass is 9.79. The van der Waals surface area contributed by atoms with Crippen LogP contribution in [0.25, 0.3) is 0 Å². The third-order valence-corrected chi connectivity index (χ3v) is 10.2. The third-order valence-electron chi connectivity index (χ3n) is 10.2. The van der Waals surface area contributed by atoms with Crippen molar-refractivity contribution in [3.8, 4) is 0 Å². The largest absolute Gasteiger partial charge is 0.444 e. The minimum Gasteiger partial charge on any atom is -0.444 e. The number of aliphatic hydroxyl groups is 1. The number of likely N-dealkylation sites (tertiary alicyclic amines) is 1. The van der Waals surface area contributed by atoms with Crippen molar-refractivity contribution in [1.29, 1.82) is 0 Å². The Morgan fingerprint density at radius 2 is 1.11 bits per heavy atom. The first-order valence-electron chi connectivity index (χ1n) is 19.2. The zero-order valence-corrected chi connectivity index (χ0v) is 33.7. The number of halogens is 2. The van der Waals surface area contributed by atoms with Gasteiger partial charge in [0.15, 0.2) is 0 Å². The van der Waals surface area contributed by atoms with E-state index in [4.69, 9.17) is 9.84 Å². The zero-order chi connectivity index (χ0) is 41.6. The summed E-state index contributed by atoms with van der Waals surface area (Å²) in [6.07, 6.45) is 5.66. The molecule has 11 nitrogen and oxygen atoms in total. The molecule has 2 aliphatic heterocycles. The number of aliphatic hydroxyl groups excluding tert-OH is 1. The average molecular weight is 787 g/mol. The van der Waals surface area contributed by atoms with Crippen LogP contribution in [0.2, 0.25) is 0 Å². The van der Waals surface area contributed by atoms with Gasteiger partial charge in [0.2, 0.25) is 11.8 Å². The molecule has 6 rings (SSSR count). The van der Waals surface area contributed by atoms with E-state index in [-0.39, 0.29) is 35.6 Å². The molecular weight excluding hydrogens is 731 g/mol. The summed E-state index contributed by atoms with van der Waals surface area (Å²) in [5, 5.41) is 16.5. The van der Waals surface area contributed by atoms with E-state index in [1.165, 1.54) is 24.3 Å². The van der Waals surface area contributed by atoms with E-state index in [9.17, 15) is 23.2 Å². The van der Waals surface area contributed by atoms with Gasteiger partial charge in [-0.1, -0.05) is 50.2 Å². The van der Waals surface area contributed by atoms with Crippen molar-refractivity contribution < 1.29 is 33.0 Å². The maximum absolute atomic E-state index is 13.4. The van der Waals surface area contributed by atoms with Crippen LogP contribution in [0.1, 0.15) is 94.9 Å². The van der Waals surface area contributed by atoms with E-state index in [0.29, 0.717) is 31.6 Å². The molecule has 4 N–H and O–H groups in total. The average Bonchev–Trinajstić information content (AvgIpc) is 3.21. The molecule has 0 radical (unpaired) electrons. The van der Waals surface area contributed by atoms with Gasteiger partial charge in [0.1, 0.15) is 17.2 Å².